The van der Waals surface area contributed by atoms with Crippen molar-refractivity contribution in [2.75, 3.05) is 33.9 Å². The van der Waals surface area contributed by atoms with Crippen LogP contribution >= 0.6 is 0 Å². The first-order valence-corrected chi connectivity index (χ1v) is 11.4. The molecule has 1 atom stereocenters. The van der Waals surface area contributed by atoms with Crippen LogP contribution < -0.4 is 4.74 Å². The van der Waals surface area contributed by atoms with Crippen molar-refractivity contribution in [2.45, 2.75) is 52.5 Å². The summed E-state index contributed by atoms with van der Waals surface area (Å²) in [7, 11) is 4.43. The highest BCUT2D eigenvalue weighted by Crippen LogP contribution is 2.39. The molecule has 3 heteroatoms. The predicted octanol–water partition coefficient (Wildman–Crippen LogP) is 6.17. The Hall–Kier alpha value is -1.84. The lowest BCUT2D eigenvalue weighted by Gasteiger charge is -2.43. The summed E-state index contributed by atoms with van der Waals surface area (Å²) in [6, 6.07) is 18.9. The van der Waals surface area contributed by atoms with E-state index in [0.29, 0.717) is 25.0 Å². The molecular formula is C27H41NO2. The molecule has 0 heterocycles. The molecule has 0 spiro atoms. The third-order valence-electron chi connectivity index (χ3n) is 5.65. The van der Waals surface area contributed by atoms with Crippen molar-refractivity contribution in [3.05, 3.63) is 65.7 Å². The van der Waals surface area contributed by atoms with Gasteiger partial charge >= 0.3 is 0 Å². The Bertz CT molecular complexity index is 727. The lowest BCUT2D eigenvalue weighted by molar-refractivity contribution is 0.0399. The lowest BCUT2D eigenvalue weighted by Crippen LogP contribution is -2.44. The van der Waals surface area contributed by atoms with E-state index in [2.05, 4.69) is 71.0 Å². The molecule has 2 aromatic carbocycles. The minimum Gasteiger partial charge on any atom is -0.491 e. The molecule has 3 nitrogen and oxygen atoms in total. The molecule has 2 aromatic rings. The molecule has 166 valence electrons. The number of para-hydroxylation sites is 1. The zero-order chi connectivity index (χ0) is 22.0. The quantitative estimate of drug-likeness (QED) is 0.368. The number of benzene rings is 2. The zero-order valence-electron chi connectivity index (χ0n) is 19.9. The van der Waals surface area contributed by atoms with Gasteiger partial charge in [0, 0.05) is 12.1 Å². The lowest BCUT2D eigenvalue weighted by atomic mass is 9.76. The van der Waals surface area contributed by atoms with E-state index in [0.717, 1.165) is 31.6 Å². The van der Waals surface area contributed by atoms with Crippen molar-refractivity contribution in [1.29, 1.82) is 0 Å². The van der Waals surface area contributed by atoms with Gasteiger partial charge in [0.05, 0.1) is 6.61 Å². The Labute approximate surface area is 184 Å². The maximum Gasteiger partial charge on any atom is 0.119 e. The number of rotatable bonds is 13. The van der Waals surface area contributed by atoms with Crippen molar-refractivity contribution in [3.63, 3.8) is 0 Å². The smallest absolute Gasteiger partial charge is 0.119 e. The molecule has 1 unspecified atom stereocenters. The van der Waals surface area contributed by atoms with Crippen LogP contribution in [-0.4, -0.2) is 38.8 Å². The molecule has 0 aromatic heterocycles. The largest absolute Gasteiger partial charge is 0.491 e. The SMILES string of the molecule is CC(C)Cc1ccccc1C(CCOCCOc1ccccc1)(CC(C)C)N(C)C. The Kier molecular flexibility index (Phi) is 9.87. The summed E-state index contributed by atoms with van der Waals surface area (Å²) in [5.74, 6) is 2.13. The zero-order valence-corrected chi connectivity index (χ0v) is 19.9. The highest BCUT2D eigenvalue weighted by molar-refractivity contribution is 5.34. The Balaban J connectivity index is 2.08. The standard InChI is InChI=1S/C27H41NO2/c1-22(2)20-24-12-10-11-15-26(24)27(28(5)6,21-23(3)4)16-17-29-18-19-30-25-13-8-7-9-14-25/h7-15,22-23H,16-21H2,1-6H3. The first-order valence-electron chi connectivity index (χ1n) is 11.4. The summed E-state index contributed by atoms with van der Waals surface area (Å²) >= 11 is 0. The van der Waals surface area contributed by atoms with E-state index in [1.165, 1.54) is 11.1 Å². The second kappa shape index (κ2) is 12.1. The van der Waals surface area contributed by atoms with Crippen molar-refractivity contribution in [1.82, 2.24) is 4.90 Å². The third kappa shape index (κ3) is 7.14. The minimum absolute atomic E-state index is 0.0278. The molecule has 0 aliphatic rings. The fraction of sp³-hybridized carbons (Fsp3) is 0.556. The summed E-state index contributed by atoms with van der Waals surface area (Å²) < 4.78 is 11.8. The van der Waals surface area contributed by atoms with Gasteiger partial charge in [-0.05, 0) is 68.5 Å². The van der Waals surface area contributed by atoms with Gasteiger partial charge in [0.15, 0.2) is 0 Å². The van der Waals surface area contributed by atoms with Crippen molar-refractivity contribution < 1.29 is 9.47 Å². The summed E-state index contributed by atoms with van der Waals surface area (Å²) in [5.41, 5.74) is 2.90. The van der Waals surface area contributed by atoms with Crippen LogP contribution in [0, 0.1) is 11.8 Å². The van der Waals surface area contributed by atoms with Gasteiger partial charge in [0.1, 0.15) is 12.4 Å². The van der Waals surface area contributed by atoms with Crippen LogP contribution in [0.4, 0.5) is 0 Å². The molecule has 2 rings (SSSR count). The van der Waals surface area contributed by atoms with E-state index in [9.17, 15) is 0 Å². The van der Waals surface area contributed by atoms with Crippen LogP contribution in [0.3, 0.4) is 0 Å². The van der Waals surface area contributed by atoms with Gasteiger partial charge in [-0.3, -0.25) is 4.90 Å². The maximum absolute atomic E-state index is 6.03. The molecule has 0 aliphatic heterocycles. The second-order valence-electron chi connectivity index (χ2n) is 9.30. The Morgan fingerprint density at radius 2 is 1.47 bits per heavy atom. The van der Waals surface area contributed by atoms with Gasteiger partial charge in [-0.15, -0.1) is 0 Å². The maximum atomic E-state index is 6.03. The van der Waals surface area contributed by atoms with Crippen molar-refractivity contribution >= 4 is 0 Å². The molecule has 0 N–H and O–H groups in total. The summed E-state index contributed by atoms with van der Waals surface area (Å²) in [6.07, 6.45) is 3.19. The molecular weight excluding hydrogens is 370 g/mol. The number of hydrogen-bond donors (Lipinski definition) is 0. The monoisotopic (exact) mass is 411 g/mol. The molecule has 0 saturated heterocycles. The van der Waals surface area contributed by atoms with Crippen LogP contribution in [0.2, 0.25) is 0 Å². The minimum atomic E-state index is -0.0278. The molecule has 0 aliphatic carbocycles. The van der Waals surface area contributed by atoms with E-state index < -0.39 is 0 Å². The van der Waals surface area contributed by atoms with Gasteiger partial charge in [0.2, 0.25) is 0 Å². The van der Waals surface area contributed by atoms with Gasteiger partial charge in [-0.25, -0.2) is 0 Å². The normalized spacial score (nSPS) is 13.8. The molecule has 30 heavy (non-hydrogen) atoms. The van der Waals surface area contributed by atoms with Crippen LogP contribution in [0.25, 0.3) is 0 Å². The third-order valence-corrected chi connectivity index (χ3v) is 5.65. The molecule has 0 amide bonds. The summed E-state index contributed by atoms with van der Waals surface area (Å²) in [4.78, 5) is 2.41. The molecule has 0 saturated carbocycles. The molecule has 0 radical (unpaired) electrons. The van der Waals surface area contributed by atoms with Crippen LogP contribution in [0.15, 0.2) is 54.6 Å². The summed E-state index contributed by atoms with van der Waals surface area (Å²) in [5, 5.41) is 0. The highest BCUT2D eigenvalue weighted by Gasteiger charge is 2.36. The van der Waals surface area contributed by atoms with Crippen molar-refractivity contribution in [2.24, 2.45) is 11.8 Å². The second-order valence-corrected chi connectivity index (χ2v) is 9.30. The van der Waals surface area contributed by atoms with Crippen LogP contribution in [0.1, 0.15) is 51.7 Å². The first-order chi connectivity index (χ1) is 14.3. The Morgan fingerprint density at radius 3 is 2.10 bits per heavy atom. The fourth-order valence-corrected chi connectivity index (χ4v) is 4.34. The van der Waals surface area contributed by atoms with Gasteiger partial charge in [-0.1, -0.05) is 70.2 Å². The van der Waals surface area contributed by atoms with Crippen molar-refractivity contribution in [3.8, 4) is 5.75 Å². The summed E-state index contributed by atoms with van der Waals surface area (Å²) in [6.45, 7) is 11.1. The van der Waals surface area contributed by atoms with E-state index in [-0.39, 0.29) is 5.54 Å². The predicted molar refractivity (Wildman–Crippen MR) is 127 cm³/mol. The fourth-order valence-electron chi connectivity index (χ4n) is 4.34. The molecule has 0 bridgehead atoms. The van der Waals surface area contributed by atoms with E-state index in [4.69, 9.17) is 9.47 Å². The first kappa shape index (κ1) is 24.4. The van der Waals surface area contributed by atoms with E-state index in [1.54, 1.807) is 0 Å². The van der Waals surface area contributed by atoms with Crippen LogP contribution in [0.5, 0.6) is 5.75 Å². The average molecular weight is 412 g/mol. The van der Waals surface area contributed by atoms with Crippen LogP contribution in [-0.2, 0) is 16.7 Å². The highest BCUT2D eigenvalue weighted by atomic mass is 16.5. The number of hydrogen-bond acceptors (Lipinski definition) is 3. The van der Waals surface area contributed by atoms with Gasteiger partial charge < -0.3 is 9.47 Å². The average Bonchev–Trinajstić information content (AvgIpc) is 2.70. The number of nitrogens with zero attached hydrogens (tertiary/aromatic N) is 1. The molecule has 0 fully saturated rings. The Morgan fingerprint density at radius 1 is 0.800 bits per heavy atom. The van der Waals surface area contributed by atoms with E-state index >= 15 is 0 Å². The van der Waals surface area contributed by atoms with Gasteiger partial charge in [-0.2, -0.15) is 0 Å². The van der Waals surface area contributed by atoms with Gasteiger partial charge in [0.25, 0.3) is 0 Å². The topological polar surface area (TPSA) is 21.7 Å². The van der Waals surface area contributed by atoms with E-state index in [1.807, 2.05) is 30.3 Å². The number of ether oxygens (including phenoxy) is 2.